The Hall–Kier alpha value is -2.51. The van der Waals surface area contributed by atoms with E-state index < -0.39 is 23.5 Å². The number of halogens is 6. The highest BCUT2D eigenvalue weighted by molar-refractivity contribution is 5.80. The summed E-state index contributed by atoms with van der Waals surface area (Å²) in [5, 5.41) is 3.62. The lowest BCUT2D eigenvalue weighted by atomic mass is 10.1. The Morgan fingerprint density at radius 3 is 1.96 bits per heavy atom. The van der Waals surface area contributed by atoms with Crippen molar-refractivity contribution in [1.29, 1.82) is 0 Å². The lowest BCUT2D eigenvalue weighted by Gasteiger charge is -2.11. The predicted molar refractivity (Wildman–Crippen MR) is 74.1 cm³/mol. The van der Waals surface area contributed by atoms with Gasteiger partial charge in [-0.05, 0) is 29.8 Å². The van der Waals surface area contributed by atoms with E-state index in [1.807, 2.05) is 0 Å². The zero-order valence-corrected chi connectivity index (χ0v) is 11.4. The zero-order valence-electron chi connectivity index (χ0n) is 11.4. The number of hydrogen-bond acceptors (Lipinski definition) is 2. The van der Waals surface area contributed by atoms with E-state index >= 15 is 0 Å². The Morgan fingerprint density at radius 2 is 1.39 bits per heavy atom. The Morgan fingerprint density at radius 1 is 0.783 bits per heavy atom. The molecule has 0 aliphatic carbocycles. The highest BCUT2D eigenvalue weighted by Gasteiger charge is 2.33. The fourth-order valence-corrected chi connectivity index (χ4v) is 1.76. The fourth-order valence-electron chi connectivity index (χ4n) is 1.76. The van der Waals surface area contributed by atoms with Crippen LogP contribution in [0.2, 0.25) is 0 Å². The van der Waals surface area contributed by atoms with Crippen LogP contribution in [0.5, 0.6) is 0 Å². The molecular formula is C15H10F6N2. The molecule has 0 radical (unpaired) electrons. The summed E-state index contributed by atoms with van der Waals surface area (Å²) >= 11 is 0. The van der Waals surface area contributed by atoms with Gasteiger partial charge in [0.15, 0.2) is 0 Å². The summed E-state index contributed by atoms with van der Waals surface area (Å²) < 4.78 is 75.5. The third-order valence-electron chi connectivity index (χ3n) is 2.87. The van der Waals surface area contributed by atoms with E-state index in [4.69, 9.17) is 0 Å². The van der Waals surface area contributed by atoms with Crippen LogP contribution in [0.15, 0.2) is 53.6 Å². The van der Waals surface area contributed by atoms with Gasteiger partial charge in [0.05, 0.1) is 23.0 Å². The van der Waals surface area contributed by atoms with E-state index in [1.54, 1.807) is 0 Å². The monoisotopic (exact) mass is 332 g/mol. The largest absolute Gasteiger partial charge is 0.418 e. The van der Waals surface area contributed by atoms with Gasteiger partial charge in [0, 0.05) is 0 Å². The van der Waals surface area contributed by atoms with Crippen LogP contribution in [0.4, 0.5) is 32.0 Å². The first-order valence-corrected chi connectivity index (χ1v) is 6.30. The van der Waals surface area contributed by atoms with Crippen molar-refractivity contribution >= 4 is 11.9 Å². The molecule has 0 fully saturated rings. The molecule has 122 valence electrons. The first-order valence-electron chi connectivity index (χ1n) is 6.30. The standard InChI is InChI=1S/C15H10F6N2/c16-14(17,18)11-7-5-10(6-8-11)9-22-23-13-4-2-1-3-12(13)15(19,20)21/h1-9,23H. The molecule has 0 amide bonds. The number of para-hydroxylation sites is 1. The van der Waals surface area contributed by atoms with Crippen molar-refractivity contribution in [2.75, 3.05) is 5.43 Å². The maximum Gasteiger partial charge on any atom is 0.418 e. The van der Waals surface area contributed by atoms with Crippen LogP contribution >= 0.6 is 0 Å². The molecule has 0 saturated heterocycles. The molecule has 1 N–H and O–H groups in total. The summed E-state index contributed by atoms with van der Waals surface area (Å²) in [5.74, 6) is 0. The summed E-state index contributed by atoms with van der Waals surface area (Å²) in [6.07, 6.45) is -7.85. The minimum atomic E-state index is -4.53. The average Bonchev–Trinajstić information content (AvgIpc) is 2.46. The van der Waals surface area contributed by atoms with Crippen LogP contribution in [0.3, 0.4) is 0 Å². The molecule has 2 rings (SSSR count). The second-order valence-corrected chi connectivity index (χ2v) is 4.53. The first-order chi connectivity index (χ1) is 10.7. The third kappa shape index (κ3) is 4.48. The summed E-state index contributed by atoms with van der Waals surface area (Å²) in [5.41, 5.74) is 0.609. The van der Waals surface area contributed by atoms with Gasteiger partial charge < -0.3 is 0 Å². The second-order valence-electron chi connectivity index (χ2n) is 4.53. The van der Waals surface area contributed by atoms with Crippen LogP contribution in [0.25, 0.3) is 0 Å². The number of rotatable bonds is 3. The summed E-state index contributed by atoms with van der Waals surface area (Å²) in [4.78, 5) is 0. The quantitative estimate of drug-likeness (QED) is 0.468. The maximum absolute atomic E-state index is 12.8. The first kappa shape index (κ1) is 16.9. The highest BCUT2D eigenvalue weighted by atomic mass is 19.4. The summed E-state index contributed by atoms with van der Waals surface area (Å²) in [6, 6.07) is 8.82. The number of nitrogens with zero attached hydrogens (tertiary/aromatic N) is 1. The number of hydrazone groups is 1. The van der Waals surface area contributed by atoms with Gasteiger partial charge in [0.2, 0.25) is 0 Å². The van der Waals surface area contributed by atoms with Crippen molar-refractivity contribution < 1.29 is 26.3 Å². The normalized spacial score (nSPS) is 12.6. The van der Waals surface area contributed by atoms with Gasteiger partial charge in [0.1, 0.15) is 0 Å². The molecule has 2 nitrogen and oxygen atoms in total. The third-order valence-corrected chi connectivity index (χ3v) is 2.87. The Labute approximate surface area is 127 Å². The second kappa shape index (κ2) is 6.31. The molecule has 8 heteroatoms. The Balaban J connectivity index is 2.11. The van der Waals surface area contributed by atoms with Crippen molar-refractivity contribution in [1.82, 2.24) is 0 Å². The summed E-state index contributed by atoms with van der Waals surface area (Å²) in [7, 11) is 0. The molecule has 23 heavy (non-hydrogen) atoms. The van der Waals surface area contributed by atoms with Crippen LogP contribution in [-0.4, -0.2) is 6.21 Å². The number of alkyl halides is 6. The molecule has 0 aromatic heterocycles. The lowest BCUT2D eigenvalue weighted by Crippen LogP contribution is -2.08. The molecule has 0 atom stereocenters. The van der Waals surface area contributed by atoms with Gasteiger partial charge >= 0.3 is 12.4 Å². The van der Waals surface area contributed by atoms with E-state index in [-0.39, 0.29) is 5.69 Å². The van der Waals surface area contributed by atoms with Crippen molar-refractivity contribution in [3.8, 4) is 0 Å². The fraction of sp³-hybridized carbons (Fsp3) is 0.133. The van der Waals surface area contributed by atoms with Gasteiger partial charge in [-0.2, -0.15) is 31.4 Å². The molecule has 2 aromatic rings. The van der Waals surface area contributed by atoms with E-state index in [1.165, 1.54) is 30.3 Å². The molecule has 0 aliphatic heterocycles. The van der Waals surface area contributed by atoms with Crippen molar-refractivity contribution in [3.05, 3.63) is 65.2 Å². The molecule has 2 aromatic carbocycles. The molecular weight excluding hydrogens is 322 g/mol. The number of benzene rings is 2. The molecule has 0 bridgehead atoms. The van der Waals surface area contributed by atoms with Gasteiger partial charge in [-0.3, -0.25) is 5.43 Å². The van der Waals surface area contributed by atoms with E-state index in [0.29, 0.717) is 5.56 Å². The smallest absolute Gasteiger partial charge is 0.278 e. The van der Waals surface area contributed by atoms with Gasteiger partial charge in [-0.1, -0.05) is 24.3 Å². The number of nitrogens with one attached hydrogen (secondary N) is 1. The predicted octanol–water partition coefficient (Wildman–Crippen LogP) is 5.17. The van der Waals surface area contributed by atoms with Crippen LogP contribution in [0, 0.1) is 0 Å². The lowest BCUT2D eigenvalue weighted by molar-refractivity contribution is -0.138. The van der Waals surface area contributed by atoms with Gasteiger partial charge in [0.25, 0.3) is 0 Å². The topological polar surface area (TPSA) is 24.4 Å². The van der Waals surface area contributed by atoms with Crippen LogP contribution in [-0.2, 0) is 12.4 Å². The van der Waals surface area contributed by atoms with E-state index in [2.05, 4.69) is 10.5 Å². The highest BCUT2D eigenvalue weighted by Crippen LogP contribution is 2.34. The molecule has 0 unspecified atom stereocenters. The Kier molecular flexibility index (Phi) is 4.63. The van der Waals surface area contributed by atoms with Gasteiger partial charge in [-0.15, -0.1) is 0 Å². The number of anilines is 1. The average molecular weight is 332 g/mol. The molecule has 0 aliphatic rings. The van der Waals surface area contributed by atoms with Crippen molar-refractivity contribution in [3.63, 3.8) is 0 Å². The van der Waals surface area contributed by atoms with Crippen molar-refractivity contribution in [2.24, 2.45) is 5.10 Å². The Bertz CT molecular complexity index is 686. The minimum absolute atomic E-state index is 0.247. The minimum Gasteiger partial charge on any atom is -0.278 e. The van der Waals surface area contributed by atoms with E-state index in [9.17, 15) is 26.3 Å². The van der Waals surface area contributed by atoms with E-state index in [0.717, 1.165) is 24.4 Å². The molecule has 0 spiro atoms. The van der Waals surface area contributed by atoms with Crippen molar-refractivity contribution in [2.45, 2.75) is 12.4 Å². The SMILES string of the molecule is FC(F)(F)c1ccc(C=NNc2ccccc2C(F)(F)F)cc1. The van der Waals surface area contributed by atoms with Crippen LogP contribution in [0.1, 0.15) is 16.7 Å². The summed E-state index contributed by atoms with van der Waals surface area (Å²) in [6.45, 7) is 0. The molecule has 0 heterocycles. The maximum atomic E-state index is 12.8. The van der Waals surface area contributed by atoms with Gasteiger partial charge in [-0.25, -0.2) is 0 Å². The van der Waals surface area contributed by atoms with Crippen LogP contribution < -0.4 is 5.43 Å². The number of hydrogen-bond donors (Lipinski definition) is 1. The zero-order chi connectivity index (χ0) is 17.1. The molecule has 0 saturated carbocycles.